The third-order valence-electron chi connectivity index (χ3n) is 2.21. The van der Waals surface area contributed by atoms with E-state index in [1.54, 1.807) is 17.5 Å². The Morgan fingerprint density at radius 3 is 2.83 bits per heavy atom. The van der Waals surface area contributed by atoms with Crippen LogP contribution in [0.15, 0.2) is 6.20 Å². The van der Waals surface area contributed by atoms with E-state index in [2.05, 4.69) is 15.6 Å². The van der Waals surface area contributed by atoms with Gasteiger partial charge in [0.15, 0.2) is 0 Å². The van der Waals surface area contributed by atoms with E-state index in [0.717, 1.165) is 16.3 Å². The van der Waals surface area contributed by atoms with Gasteiger partial charge in [-0.25, -0.2) is 9.78 Å². The lowest BCUT2D eigenvalue weighted by Gasteiger charge is -2.11. The van der Waals surface area contributed by atoms with Gasteiger partial charge >= 0.3 is 6.03 Å². The van der Waals surface area contributed by atoms with Crippen LogP contribution in [0.1, 0.15) is 36.2 Å². The Kier molecular flexibility index (Phi) is 6.07. The summed E-state index contributed by atoms with van der Waals surface area (Å²) in [6.45, 7) is 3.87. The van der Waals surface area contributed by atoms with Gasteiger partial charge in [-0.15, -0.1) is 22.9 Å². The molecule has 0 aliphatic carbocycles. The molecule has 0 saturated heterocycles. The molecule has 0 aliphatic heterocycles. The number of alkyl halides is 1. The number of halogens is 1. The second kappa shape index (κ2) is 7.33. The van der Waals surface area contributed by atoms with Crippen LogP contribution in [-0.2, 0) is 11.2 Å². The predicted molar refractivity (Wildman–Crippen MR) is 71.9 cm³/mol. The lowest BCUT2D eigenvalue weighted by molar-refractivity contribution is -0.119. The Morgan fingerprint density at radius 1 is 1.56 bits per heavy atom. The van der Waals surface area contributed by atoms with Crippen LogP contribution in [0.5, 0.6) is 0 Å². The van der Waals surface area contributed by atoms with E-state index in [1.807, 2.05) is 13.8 Å². The van der Waals surface area contributed by atoms with Gasteiger partial charge in [-0.2, -0.15) is 0 Å². The second-order valence-corrected chi connectivity index (χ2v) is 5.23. The van der Waals surface area contributed by atoms with Crippen molar-refractivity contribution in [3.8, 4) is 0 Å². The minimum absolute atomic E-state index is 0.126. The van der Waals surface area contributed by atoms with Crippen molar-refractivity contribution in [2.45, 2.75) is 32.7 Å². The van der Waals surface area contributed by atoms with Crippen LogP contribution in [0.25, 0.3) is 0 Å². The third kappa shape index (κ3) is 4.62. The fourth-order valence-electron chi connectivity index (χ4n) is 1.26. The molecule has 0 fully saturated rings. The molecule has 1 heterocycles. The van der Waals surface area contributed by atoms with Gasteiger partial charge in [0, 0.05) is 23.4 Å². The van der Waals surface area contributed by atoms with Crippen molar-refractivity contribution >= 4 is 34.9 Å². The standard InChI is InChI=1S/C11H16ClN3O2S/c1-3-8-6-13-10(18-8)7(2)14-11(17)15-9(16)4-5-12/h6-7H,3-5H2,1-2H3,(H2,14,15,16,17). The number of hydrogen-bond acceptors (Lipinski definition) is 4. The molecule has 100 valence electrons. The van der Waals surface area contributed by atoms with Crippen molar-refractivity contribution in [3.05, 3.63) is 16.1 Å². The van der Waals surface area contributed by atoms with Crippen LogP contribution in [-0.4, -0.2) is 22.8 Å². The van der Waals surface area contributed by atoms with Crippen LogP contribution in [0.2, 0.25) is 0 Å². The van der Waals surface area contributed by atoms with Gasteiger partial charge in [-0.1, -0.05) is 6.92 Å². The lowest BCUT2D eigenvalue weighted by Crippen LogP contribution is -2.40. The maximum absolute atomic E-state index is 11.5. The number of thiazole rings is 1. The molecule has 5 nitrogen and oxygen atoms in total. The average molecular weight is 290 g/mol. The van der Waals surface area contributed by atoms with Crippen LogP contribution in [0, 0.1) is 0 Å². The first-order valence-electron chi connectivity index (χ1n) is 5.67. The maximum Gasteiger partial charge on any atom is 0.321 e. The van der Waals surface area contributed by atoms with Crippen molar-refractivity contribution < 1.29 is 9.59 Å². The van der Waals surface area contributed by atoms with Gasteiger partial charge in [0.1, 0.15) is 5.01 Å². The van der Waals surface area contributed by atoms with Crippen molar-refractivity contribution in [1.82, 2.24) is 15.6 Å². The monoisotopic (exact) mass is 289 g/mol. The maximum atomic E-state index is 11.5. The third-order valence-corrected chi connectivity index (χ3v) is 3.73. The van der Waals surface area contributed by atoms with E-state index in [9.17, 15) is 9.59 Å². The van der Waals surface area contributed by atoms with Crippen LogP contribution >= 0.6 is 22.9 Å². The number of amides is 3. The molecule has 0 spiro atoms. The molecular formula is C11H16ClN3O2S. The van der Waals surface area contributed by atoms with Gasteiger partial charge in [0.2, 0.25) is 5.91 Å². The summed E-state index contributed by atoms with van der Waals surface area (Å²) in [5.41, 5.74) is 0. The minimum Gasteiger partial charge on any atom is -0.329 e. The normalized spacial score (nSPS) is 11.9. The summed E-state index contributed by atoms with van der Waals surface area (Å²) in [6.07, 6.45) is 2.85. The fourth-order valence-corrected chi connectivity index (χ4v) is 2.29. The van der Waals surface area contributed by atoms with Crippen molar-refractivity contribution in [2.75, 3.05) is 5.88 Å². The number of rotatable bonds is 5. The Labute approximate surface area is 115 Å². The molecule has 1 aromatic rings. The van der Waals surface area contributed by atoms with Gasteiger partial charge in [0.25, 0.3) is 0 Å². The van der Waals surface area contributed by atoms with Crippen molar-refractivity contribution in [2.24, 2.45) is 0 Å². The summed E-state index contributed by atoms with van der Waals surface area (Å²) >= 11 is 6.95. The molecule has 0 bridgehead atoms. The number of carbonyl (C=O) groups excluding carboxylic acids is 2. The number of urea groups is 1. The van der Waals surface area contributed by atoms with Gasteiger partial charge in [-0.05, 0) is 13.3 Å². The molecule has 2 N–H and O–H groups in total. The van der Waals surface area contributed by atoms with Gasteiger partial charge < -0.3 is 5.32 Å². The average Bonchev–Trinajstić information content (AvgIpc) is 2.77. The summed E-state index contributed by atoms with van der Waals surface area (Å²) in [7, 11) is 0. The molecule has 1 atom stereocenters. The summed E-state index contributed by atoms with van der Waals surface area (Å²) in [5.74, 6) is -0.191. The molecule has 1 aromatic heterocycles. The Balaban J connectivity index is 2.46. The number of imide groups is 1. The molecule has 1 rings (SSSR count). The first-order chi connectivity index (χ1) is 8.56. The van der Waals surface area contributed by atoms with Crippen molar-refractivity contribution in [3.63, 3.8) is 0 Å². The number of aromatic nitrogens is 1. The van der Waals surface area contributed by atoms with E-state index >= 15 is 0 Å². The topological polar surface area (TPSA) is 71.1 Å². The lowest BCUT2D eigenvalue weighted by atomic mass is 10.3. The summed E-state index contributed by atoms with van der Waals surface area (Å²) in [6, 6.07) is -0.745. The highest BCUT2D eigenvalue weighted by atomic mass is 35.5. The molecule has 18 heavy (non-hydrogen) atoms. The molecule has 0 radical (unpaired) electrons. The van der Waals surface area contributed by atoms with Gasteiger partial charge in [0.05, 0.1) is 6.04 Å². The Hall–Kier alpha value is -1.14. The van der Waals surface area contributed by atoms with E-state index in [0.29, 0.717) is 0 Å². The molecule has 7 heteroatoms. The molecule has 1 unspecified atom stereocenters. The van der Waals surface area contributed by atoms with E-state index in [-0.39, 0.29) is 24.2 Å². The van der Waals surface area contributed by atoms with Gasteiger partial charge in [-0.3, -0.25) is 10.1 Å². The smallest absolute Gasteiger partial charge is 0.321 e. The van der Waals surface area contributed by atoms with Crippen LogP contribution < -0.4 is 10.6 Å². The summed E-state index contributed by atoms with van der Waals surface area (Å²) in [4.78, 5) is 28.0. The van der Waals surface area contributed by atoms with E-state index < -0.39 is 6.03 Å². The molecular weight excluding hydrogens is 274 g/mol. The number of nitrogens with zero attached hydrogens (tertiary/aromatic N) is 1. The zero-order valence-electron chi connectivity index (χ0n) is 10.3. The summed E-state index contributed by atoms with van der Waals surface area (Å²) < 4.78 is 0. The molecule has 0 saturated carbocycles. The van der Waals surface area contributed by atoms with Crippen molar-refractivity contribution in [1.29, 1.82) is 0 Å². The SMILES string of the molecule is CCc1cnc(C(C)NC(=O)NC(=O)CCCl)s1. The Morgan fingerprint density at radius 2 is 2.28 bits per heavy atom. The van der Waals surface area contributed by atoms with E-state index in [1.165, 1.54) is 0 Å². The quantitative estimate of drug-likeness (QED) is 0.817. The molecule has 3 amide bonds. The fraction of sp³-hybridized carbons (Fsp3) is 0.545. The molecule has 0 aliphatic rings. The van der Waals surface area contributed by atoms with Crippen LogP contribution in [0.3, 0.4) is 0 Å². The Bertz CT molecular complexity index is 422. The predicted octanol–water partition coefficient (Wildman–Crippen LogP) is 2.22. The summed E-state index contributed by atoms with van der Waals surface area (Å²) in [5, 5.41) is 5.69. The highest BCUT2D eigenvalue weighted by molar-refractivity contribution is 7.11. The highest BCUT2D eigenvalue weighted by Crippen LogP contribution is 2.19. The zero-order valence-corrected chi connectivity index (χ0v) is 11.9. The van der Waals surface area contributed by atoms with Crippen LogP contribution in [0.4, 0.5) is 4.79 Å². The highest BCUT2D eigenvalue weighted by Gasteiger charge is 2.14. The number of aryl methyl sites for hydroxylation is 1. The van der Waals surface area contributed by atoms with E-state index in [4.69, 9.17) is 11.6 Å². The number of carbonyl (C=O) groups is 2. The number of nitrogens with one attached hydrogen (secondary N) is 2. The zero-order chi connectivity index (χ0) is 13.5. The first-order valence-corrected chi connectivity index (χ1v) is 7.02. The largest absolute Gasteiger partial charge is 0.329 e. The number of hydrogen-bond donors (Lipinski definition) is 2. The minimum atomic E-state index is -0.522. The first kappa shape index (κ1) is 14.9. The second-order valence-electron chi connectivity index (χ2n) is 3.70. The molecule has 0 aromatic carbocycles.